The zero-order valence-corrected chi connectivity index (χ0v) is 14.7. The van der Waals surface area contributed by atoms with Crippen LogP contribution in [-0.2, 0) is 0 Å². The summed E-state index contributed by atoms with van der Waals surface area (Å²) in [6.45, 7) is 12.1. The highest BCUT2D eigenvalue weighted by Gasteiger charge is 2.16. The lowest BCUT2D eigenvalue weighted by molar-refractivity contribution is 0.638. The maximum Gasteiger partial charge on any atom is 0.0671 e. The van der Waals surface area contributed by atoms with Gasteiger partial charge in [0.05, 0.1) is 6.04 Å². The average Bonchev–Trinajstić information content (AvgIpc) is 2.83. The maximum atomic E-state index is 3.63. The van der Waals surface area contributed by atoms with Gasteiger partial charge in [0.25, 0.3) is 0 Å². The molecular weight excluding hydrogens is 274 g/mol. The number of thiophene rings is 1. The number of nitrogens with one attached hydrogen (secondary N) is 1. The number of rotatable bonds is 6. The van der Waals surface area contributed by atoms with E-state index in [1.54, 1.807) is 0 Å². The summed E-state index contributed by atoms with van der Waals surface area (Å²) in [7, 11) is 0. The number of hydrogen-bond acceptors (Lipinski definition) is 2. The molecule has 0 aliphatic heterocycles. The summed E-state index contributed by atoms with van der Waals surface area (Å²) >= 11 is 1.91. The first-order chi connectivity index (χ1) is 10.1. The normalized spacial score (nSPS) is 14.1. The van der Waals surface area contributed by atoms with Crippen LogP contribution in [0.3, 0.4) is 0 Å². The Morgan fingerprint density at radius 3 is 2.14 bits per heavy atom. The predicted octanol–water partition coefficient (Wildman–Crippen LogP) is 5.58. The molecule has 2 heteroatoms. The third kappa shape index (κ3) is 3.75. The van der Waals surface area contributed by atoms with E-state index in [-0.39, 0.29) is 0 Å². The lowest BCUT2D eigenvalue weighted by Gasteiger charge is -2.18. The molecule has 0 saturated heterocycles. The molecule has 0 fully saturated rings. The van der Waals surface area contributed by atoms with Crippen LogP contribution in [0.15, 0.2) is 30.3 Å². The summed E-state index contributed by atoms with van der Waals surface area (Å²) in [5, 5.41) is 3.63. The zero-order valence-electron chi connectivity index (χ0n) is 13.9. The van der Waals surface area contributed by atoms with Crippen LogP contribution in [0.25, 0.3) is 0 Å². The highest BCUT2D eigenvalue weighted by Crippen LogP contribution is 2.31. The summed E-state index contributed by atoms with van der Waals surface area (Å²) in [5.74, 6) is 0.642. The van der Waals surface area contributed by atoms with Gasteiger partial charge in [0.15, 0.2) is 0 Å². The van der Waals surface area contributed by atoms with Gasteiger partial charge in [-0.15, -0.1) is 11.3 Å². The third-order valence-corrected chi connectivity index (χ3v) is 5.55. The molecule has 1 aromatic carbocycles. The number of hydrogen-bond donors (Lipinski definition) is 1. The summed E-state index contributed by atoms with van der Waals surface area (Å²) in [5.41, 5.74) is 4.20. The minimum absolute atomic E-state index is 0.318. The smallest absolute Gasteiger partial charge is 0.0671 e. The Morgan fingerprint density at radius 1 is 1.05 bits per heavy atom. The zero-order chi connectivity index (χ0) is 15.4. The van der Waals surface area contributed by atoms with E-state index in [1.807, 2.05) is 11.3 Å². The molecule has 2 aromatic rings. The number of aryl methyl sites for hydroxylation is 2. The monoisotopic (exact) mass is 301 g/mol. The van der Waals surface area contributed by atoms with Crippen molar-refractivity contribution in [2.75, 3.05) is 6.54 Å². The molecule has 0 spiro atoms. The van der Waals surface area contributed by atoms with E-state index < -0.39 is 0 Å². The predicted molar refractivity (Wildman–Crippen MR) is 94.5 cm³/mol. The van der Waals surface area contributed by atoms with Crippen LogP contribution in [0.2, 0.25) is 0 Å². The SMILES string of the molecule is CCNC(c1ccc(C(C)CC)cc1)c1cc(C)c(C)s1. The van der Waals surface area contributed by atoms with Crippen LogP contribution in [0.4, 0.5) is 0 Å². The van der Waals surface area contributed by atoms with Crippen molar-refractivity contribution in [2.45, 2.75) is 53.0 Å². The lowest BCUT2D eigenvalue weighted by Crippen LogP contribution is -2.21. The molecule has 21 heavy (non-hydrogen) atoms. The van der Waals surface area contributed by atoms with Gasteiger partial charge in [-0.1, -0.05) is 45.0 Å². The van der Waals surface area contributed by atoms with Crippen molar-refractivity contribution in [1.29, 1.82) is 0 Å². The summed E-state index contributed by atoms with van der Waals surface area (Å²) < 4.78 is 0. The Kier molecular flexibility index (Phi) is 5.60. The largest absolute Gasteiger partial charge is 0.306 e. The topological polar surface area (TPSA) is 12.0 Å². The van der Waals surface area contributed by atoms with Crippen molar-refractivity contribution in [3.63, 3.8) is 0 Å². The third-order valence-electron chi connectivity index (χ3n) is 4.33. The lowest BCUT2D eigenvalue weighted by atomic mass is 9.95. The highest BCUT2D eigenvalue weighted by molar-refractivity contribution is 7.12. The minimum atomic E-state index is 0.318. The van der Waals surface area contributed by atoms with Gasteiger partial charge in [-0.3, -0.25) is 0 Å². The van der Waals surface area contributed by atoms with E-state index >= 15 is 0 Å². The molecule has 0 aliphatic rings. The van der Waals surface area contributed by atoms with Crippen molar-refractivity contribution in [2.24, 2.45) is 0 Å². The maximum absolute atomic E-state index is 3.63. The molecule has 2 rings (SSSR count). The van der Waals surface area contributed by atoms with Crippen LogP contribution in [0.1, 0.15) is 65.6 Å². The van der Waals surface area contributed by atoms with E-state index in [9.17, 15) is 0 Å². The fourth-order valence-electron chi connectivity index (χ4n) is 2.58. The summed E-state index contributed by atoms with van der Waals surface area (Å²) in [4.78, 5) is 2.84. The Bertz CT molecular complexity index is 548. The second-order valence-electron chi connectivity index (χ2n) is 5.85. The Labute approximate surface area is 133 Å². The van der Waals surface area contributed by atoms with Gasteiger partial charge in [-0.25, -0.2) is 0 Å². The Balaban J connectivity index is 2.29. The first kappa shape index (κ1) is 16.3. The molecule has 114 valence electrons. The molecule has 2 unspecified atom stereocenters. The first-order valence-corrected chi connectivity index (χ1v) is 8.78. The molecule has 1 N–H and O–H groups in total. The second kappa shape index (κ2) is 7.24. The Hall–Kier alpha value is -1.12. The first-order valence-electron chi connectivity index (χ1n) is 7.97. The van der Waals surface area contributed by atoms with E-state index in [1.165, 1.54) is 32.9 Å². The quantitative estimate of drug-likeness (QED) is 0.734. The van der Waals surface area contributed by atoms with Crippen LogP contribution in [0, 0.1) is 13.8 Å². The number of benzene rings is 1. The molecule has 1 heterocycles. The van der Waals surface area contributed by atoms with Crippen molar-refractivity contribution >= 4 is 11.3 Å². The fourth-order valence-corrected chi connectivity index (χ4v) is 3.73. The van der Waals surface area contributed by atoms with Gasteiger partial charge in [0.2, 0.25) is 0 Å². The van der Waals surface area contributed by atoms with Crippen molar-refractivity contribution in [1.82, 2.24) is 5.32 Å². The molecule has 0 aliphatic carbocycles. The fraction of sp³-hybridized carbons (Fsp3) is 0.474. The summed E-state index contributed by atoms with van der Waals surface area (Å²) in [6, 6.07) is 11.8. The minimum Gasteiger partial charge on any atom is -0.306 e. The van der Waals surface area contributed by atoms with Gasteiger partial charge < -0.3 is 5.32 Å². The molecule has 1 nitrogen and oxygen atoms in total. The van der Waals surface area contributed by atoms with Crippen molar-refractivity contribution in [3.05, 3.63) is 56.8 Å². The Morgan fingerprint density at radius 2 is 1.67 bits per heavy atom. The molecule has 0 saturated carbocycles. The molecule has 0 radical (unpaired) electrons. The van der Waals surface area contributed by atoms with Crippen molar-refractivity contribution < 1.29 is 0 Å². The van der Waals surface area contributed by atoms with E-state index in [4.69, 9.17) is 0 Å². The highest BCUT2D eigenvalue weighted by atomic mass is 32.1. The van der Waals surface area contributed by atoms with Gasteiger partial charge in [0.1, 0.15) is 0 Å². The molecule has 0 amide bonds. The van der Waals surface area contributed by atoms with Crippen molar-refractivity contribution in [3.8, 4) is 0 Å². The van der Waals surface area contributed by atoms with Crippen LogP contribution >= 0.6 is 11.3 Å². The van der Waals surface area contributed by atoms with Gasteiger partial charge in [-0.2, -0.15) is 0 Å². The molecular formula is C19H27NS. The van der Waals surface area contributed by atoms with Crippen LogP contribution in [0.5, 0.6) is 0 Å². The van der Waals surface area contributed by atoms with E-state index in [0.717, 1.165) is 6.54 Å². The molecule has 1 aromatic heterocycles. The average molecular weight is 301 g/mol. The second-order valence-corrected chi connectivity index (χ2v) is 7.14. The van der Waals surface area contributed by atoms with Crippen LogP contribution in [-0.4, -0.2) is 6.54 Å². The molecule has 0 bridgehead atoms. The van der Waals surface area contributed by atoms with Crippen LogP contribution < -0.4 is 5.32 Å². The van der Waals surface area contributed by atoms with Gasteiger partial charge >= 0.3 is 0 Å². The standard InChI is InChI=1S/C19H27NS/c1-6-13(3)16-8-10-17(11-9-16)19(20-7-2)18-12-14(4)15(5)21-18/h8-13,19-20H,6-7H2,1-5H3. The summed E-state index contributed by atoms with van der Waals surface area (Å²) in [6.07, 6.45) is 1.19. The van der Waals surface area contributed by atoms with E-state index in [2.05, 4.69) is 70.3 Å². The molecule has 2 atom stereocenters. The van der Waals surface area contributed by atoms with E-state index in [0.29, 0.717) is 12.0 Å². The van der Waals surface area contributed by atoms with Gasteiger partial charge in [0, 0.05) is 9.75 Å². The van der Waals surface area contributed by atoms with Gasteiger partial charge in [-0.05, 0) is 55.5 Å².